The van der Waals surface area contributed by atoms with Gasteiger partial charge in [0.15, 0.2) is 5.82 Å². The SMILES string of the molecule is COc1cncc(N2CCN(C(=O)CN(Cc3cccnc3)c3ccccc3)CC2)n1. The molecule has 2 aromatic heterocycles. The highest BCUT2D eigenvalue weighted by molar-refractivity contribution is 5.81. The second-order valence-electron chi connectivity index (χ2n) is 7.34. The summed E-state index contributed by atoms with van der Waals surface area (Å²) in [5.74, 6) is 1.38. The maximum atomic E-state index is 13.1. The summed E-state index contributed by atoms with van der Waals surface area (Å²) >= 11 is 0. The summed E-state index contributed by atoms with van der Waals surface area (Å²) in [6.07, 6.45) is 6.91. The summed E-state index contributed by atoms with van der Waals surface area (Å²) in [7, 11) is 1.58. The number of piperazine rings is 1. The molecule has 0 spiro atoms. The van der Waals surface area contributed by atoms with Crippen molar-refractivity contribution in [2.75, 3.05) is 49.6 Å². The van der Waals surface area contributed by atoms with Crippen molar-refractivity contribution < 1.29 is 9.53 Å². The zero-order valence-electron chi connectivity index (χ0n) is 17.6. The lowest BCUT2D eigenvalue weighted by atomic mass is 10.2. The number of aromatic nitrogens is 3. The van der Waals surface area contributed by atoms with Crippen LogP contribution in [0.3, 0.4) is 0 Å². The van der Waals surface area contributed by atoms with Crippen LogP contribution < -0.4 is 14.5 Å². The number of para-hydroxylation sites is 1. The van der Waals surface area contributed by atoms with Gasteiger partial charge in [-0.15, -0.1) is 0 Å². The first kappa shape index (κ1) is 20.6. The van der Waals surface area contributed by atoms with Crippen LogP contribution in [0.4, 0.5) is 11.5 Å². The molecule has 0 radical (unpaired) electrons. The molecule has 0 aliphatic carbocycles. The van der Waals surface area contributed by atoms with Crippen LogP contribution in [0.5, 0.6) is 5.88 Å². The molecule has 1 aliphatic rings. The molecule has 1 amide bonds. The van der Waals surface area contributed by atoms with Gasteiger partial charge in [0, 0.05) is 50.8 Å². The first-order valence-electron chi connectivity index (χ1n) is 10.3. The van der Waals surface area contributed by atoms with Crippen molar-refractivity contribution in [1.82, 2.24) is 19.9 Å². The third-order valence-corrected chi connectivity index (χ3v) is 5.31. The first-order valence-corrected chi connectivity index (χ1v) is 10.3. The van der Waals surface area contributed by atoms with E-state index in [2.05, 4.69) is 24.8 Å². The van der Waals surface area contributed by atoms with E-state index < -0.39 is 0 Å². The fourth-order valence-corrected chi connectivity index (χ4v) is 3.63. The number of hydrogen-bond acceptors (Lipinski definition) is 7. The van der Waals surface area contributed by atoms with E-state index in [0.29, 0.717) is 45.1 Å². The number of carbonyl (C=O) groups is 1. The van der Waals surface area contributed by atoms with Gasteiger partial charge >= 0.3 is 0 Å². The maximum Gasteiger partial charge on any atom is 0.242 e. The summed E-state index contributed by atoms with van der Waals surface area (Å²) in [4.78, 5) is 32.1. The highest BCUT2D eigenvalue weighted by atomic mass is 16.5. The average molecular weight is 419 g/mol. The van der Waals surface area contributed by atoms with Gasteiger partial charge in [0.2, 0.25) is 11.8 Å². The summed E-state index contributed by atoms with van der Waals surface area (Å²) < 4.78 is 5.16. The fourth-order valence-electron chi connectivity index (χ4n) is 3.63. The Morgan fingerprint density at radius 1 is 1.00 bits per heavy atom. The van der Waals surface area contributed by atoms with Crippen molar-refractivity contribution in [3.8, 4) is 5.88 Å². The minimum absolute atomic E-state index is 0.115. The van der Waals surface area contributed by atoms with Gasteiger partial charge in [-0.05, 0) is 23.8 Å². The van der Waals surface area contributed by atoms with Crippen molar-refractivity contribution in [1.29, 1.82) is 0 Å². The van der Waals surface area contributed by atoms with Gasteiger partial charge in [-0.3, -0.25) is 14.8 Å². The van der Waals surface area contributed by atoms with Gasteiger partial charge in [-0.25, -0.2) is 0 Å². The normalized spacial score (nSPS) is 13.7. The number of pyridine rings is 1. The Bertz CT molecular complexity index is 978. The zero-order valence-corrected chi connectivity index (χ0v) is 17.6. The largest absolute Gasteiger partial charge is 0.480 e. The van der Waals surface area contributed by atoms with Crippen molar-refractivity contribution in [3.05, 3.63) is 72.8 Å². The number of nitrogens with zero attached hydrogens (tertiary/aromatic N) is 6. The standard InChI is InChI=1S/C23H26N6O2/c1-31-22-16-25-15-21(26-22)27-10-12-28(13-11-27)23(30)18-29(20-7-3-2-4-8-20)17-19-6-5-9-24-14-19/h2-9,14-16H,10-13,17-18H2,1H3. The predicted molar refractivity (Wildman–Crippen MR) is 119 cm³/mol. The molecule has 8 heteroatoms. The van der Waals surface area contributed by atoms with Crippen LogP contribution in [-0.4, -0.2) is 65.6 Å². The van der Waals surface area contributed by atoms with E-state index in [4.69, 9.17) is 4.74 Å². The highest BCUT2D eigenvalue weighted by Crippen LogP contribution is 2.19. The lowest BCUT2D eigenvalue weighted by molar-refractivity contribution is -0.130. The summed E-state index contributed by atoms with van der Waals surface area (Å²) in [5, 5.41) is 0. The quantitative estimate of drug-likeness (QED) is 0.582. The monoisotopic (exact) mass is 418 g/mol. The van der Waals surface area contributed by atoms with E-state index in [1.807, 2.05) is 53.6 Å². The molecular weight excluding hydrogens is 392 g/mol. The minimum atomic E-state index is 0.115. The molecule has 1 saturated heterocycles. The van der Waals surface area contributed by atoms with Crippen LogP contribution in [0.25, 0.3) is 0 Å². The molecular formula is C23H26N6O2. The van der Waals surface area contributed by atoms with Crippen LogP contribution in [-0.2, 0) is 11.3 Å². The number of rotatable bonds is 7. The predicted octanol–water partition coefficient (Wildman–Crippen LogP) is 2.24. The number of hydrogen-bond donors (Lipinski definition) is 0. The Kier molecular flexibility index (Phi) is 6.56. The van der Waals surface area contributed by atoms with Gasteiger partial charge in [-0.1, -0.05) is 24.3 Å². The van der Waals surface area contributed by atoms with Gasteiger partial charge < -0.3 is 19.4 Å². The minimum Gasteiger partial charge on any atom is -0.480 e. The van der Waals surface area contributed by atoms with Crippen molar-refractivity contribution in [2.24, 2.45) is 0 Å². The molecule has 3 heterocycles. The van der Waals surface area contributed by atoms with Crippen molar-refractivity contribution in [3.63, 3.8) is 0 Å². The van der Waals surface area contributed by atoms with E-state index in [0.717, 1.165) is 17.1 Å². The lowest BCUT2D eigenvalue weighted by Gasteiger charge is -2.36. The number of methoxy groups -OCH3 is 1. The molecule has 8 nitrogen and oxygen atoms in total. The second kappa shape index (κ2) is 9.88. The van der Waals surface area contributed by atoms with Crippen LogP contribution >= 0.6 is 0 Å². The zero-order chi connectivity index (χ0) is 21.5. The maximum absolute atomic E-state index is 13.1. The number of carbonyl (C=O) groups excluding carboxylic acids is 1. The van der Waals surface area contributed by atoms with E-state index in [1.165, 1.54) is 0 Å². The Morgan fingerprint density at radius 2 is 1.81 bits per heavy atom. The molecule has 1 aromatic carbocycles. The Labute approximate surface area is 182 Å². The molecule has 3 aromatic rings. The van der Waals surface area contributed by atoms with Crippen LogP contribution in [0, 0.1) is 0 Å². The van der Waals surface area contributed by atoms with E-state index in [-0.39, 0.29) is 5.91 Å². The molecule has 0 saturated carbocycles. The van der Waals surface area contributed by atoms with E-state index in [9.17, 15) is 4.79 Å². The molecule has 160 valence electrons. The van der Waals surface area contributed by atoms with Crippen LogP contribution in [0.2, 0.25) is 0 Å². The summed E-state index contributed by atoms with van der Waals surface area (Å²) in [6.45, 7) is 3.66. The molecule has 0 unspecified atom stereocenters. The van der Waals surface area contributed by atoms with Crippen molar-refractivity contribution in [2.45, 2.75) is 6.54 Å². The summed E-state index contributed by atoms with van der Waals surface area (Å²) in [5.41, 5.74) is 2.09. The van der Waals surface area contributed by atoms with Crippen molar-refractivity contribution >= 4 is 17.4 Å². The number of benzene rings is 1. The molecule has 0 atom stereocenters. The van der Waals surface area contributed by atoms with Gasteiger partial charge in [-0.2, -0.15) is 4.98 Å². The topological polar surface area (TPSA) is 74.7 Å². The third kappa shape index (κ3) is 5.28. The van der Waals surface area contributed by atoms with E-state index in [1.54, 1.807) is 25.7 Å². The number of amides is 1. The number of ether oxygens (including phenoxy) is 1. The number of anilines is 2. The average Bonchev–Trinajstić information content (AvgIpc) is 2.85. The Hall–Kier alpha value is -3.68. The Balaban J connectivity index is 1.39. The van der Waals surface area contributed by atoms with E-state index >= 15 is 0 Å². The third-order valence-electron chi connectivity index (χ3n) is 5.31. The van der Waals surface area contributed by atoms with Gasteiger partial charge in [0.1, 0.15) is 0 Å². The molecule has 31 heavy (non-hydrogen) atoms. The smallest absolute Gasteiger partial charge is 0.242 e. The van der Waals surface area contributed by atoms with Gasteiger partial charge in [0.05, 0.1) is 26.0 Å². The molecule has 1 aliphatic heterocycles. The highest BCUT2D eigenvalue weighted by Gasteiger charge is 2.24. The Morgan fingerprint density at radius 3 is 2.52 bits per heavy atom. The lowest BCUT2D eigenvalue weighted by Crippen LogP contribution is -2.51. The molecule has 4 rings (SSSR count). The first-order chi connectivity index (χ1) is 15.2. The van der Waals surface area contributed by atoms with Gasteiger partial charge in [0.25, 0.3) is 0 Å². The molecule has 1 fully saturated rings. The molecule has 0 bridgehead atoms. The fraction of sp³-hybridized carbons (Fsp3) is 0.304. The molecule has 0 N–H and O–H groups in total. The second-order valence-corrected chi connectivity index (χ2v) is 7.34. The summed E-state index contributed by atoms with van der Waals surface area (Å²) in [6, 6.07) is 14.0. The van der Waals surface area contributed by atoms with Crippen LogP contribution in [0.15, 0.2) is 67.3 Å². The van der Waals surface area contributed by atoms with Crippen LogP contribution in [0.1, 0.15) is 5.56 Å².